The number of nitrogens with zero attached hydrogens (tertiary/aromatic N) is 3. The third kappa shape index (κ3) is 4.84. The molecule has 0 fully saturated rings. The van der Waals surface area contributed by atoms with Crippen molar-refractivity contribution in [1.82, 2.24) is 14.8 Å². The Hall–Kier alpha value is -1.35. The fourth-order valence-corrected chi connectivity index (χ4v) is 4.25. The van der Waals surface area contributed by atoms with E-state index in [0.717, 1.165) is 16.7 Å². The van der Waals surface area contributed by atoms with Crippen LogP contribution >= 0.6 is 50.6 Å². The van der Waals surface area contributed by atoms with Crippen LogP contribution in [0.4, 0.5) is 5.69 Å². The SMILES string of the molecule is Cn1c(Cc2cccs2)nnc1SCC(=O)Nc1ccc(Br)cc1Cl. The van der Waals surface area contributed by atoms with Crippen LogP contribution in [0.5, 0.6) is 0 Å². The van der Waals surface area contributed by atoms with Crippen LogP contribution in [0.2, 0.25) is 5.02 Å². The molecule has 0 saturated heterocycles. The van der Waals surface area contributed by atoms with E-state index in [1.54, 1.807) is 23.5 Å². The number of aromatic nitrogens is 3. The van der Waals surface area contributed by atoms with Crippen LogP contribution in [-0.2, 0) is 18.3 Å². The molecule has 0 aliphatic heterocycles. The van der Waals surface area contributed by atoms with Crippen LogP contribution in [0.15, 0.2) is 45.3 Å². The molecule has 0 unspecified atom stereocenters. The number of carbonyl (C=O) groups excluding carboxylic acids is 1. The molecule has 0 radical (unpaired) electrons. The molecule has 25 heavy (non-hydrogen) atoms. The summed E-state index contributed by atoms with van der Waals surface area (Å²) in [5, 5.41) is 14.4. The van der Waals surface area contributed by atoms with Crippen molar-refractivity contribution in [1.29, 1.82) is 0 Å². The lowest BCUT2D eigenvalue weighted by atomic mass is 10.3. The minimum atomic E-state index is -0.142. The van der Waals surface area contributed by atoms with Crippen molar-refractivity contribution in [3.63, 3.8) is 0 Å². The first-order valence-electron chi connectivity index (χ1n) is 7.31. The topological polar surface area (TPSA) is 59.8 Å². The first-order chi connectivity index (χ1) is 12.0. The van der Waals surface area contributed by atoms with E-state index < -0.39 is 0 Å². The Kier molecular flexibility index (Phi) is 6.16. The molecule has 0 aliphatic carbocycles. The molecule has 130 valence electrons. The molecule has 9 heteroatoms. The summed E-state index contributed by atoms with van der Waals surface area (Å²) in [6.45, 7) is 0. The number of thioether (sulfide) groups is 1. The van der Waals surface area contributed by atoms with Gasteiger partial charge in [0.1, 0.15) is 5.82 Å². The zero-order valence-corrected chi connectivity index (χ0v) is 17.2. The number of hydrogen-bond acceptors (Lipinski definition) is 5. The van der Waals surface area contributed by atoms with Gasteiger partial charge in [-0.25, -0.2) is 0 Å². The molecule has 0 aliphatic rings. The zero-order valence-electron chi connectivity index (χ0n) is 13.2. The maximum atomic E-state index is 12.1. The van der Waals surface area contributed by atoms with Gasteiger partial charge >= 0.3 is 0 Å². The van der Waals surface area contributed by atoms with Crippen molar-refractivity contribution in [2.75, 3.05) is 11.1 Å². The number of halogens is 2. The molecule has 0 spiro atoms. The third-order valence-corrected chi connectivity index (χ3v) is 6.08. The van der Waals surface area contributed by atoms with Gasteiger partial charge in [0, 0.05) is 22.8 Å². The van der Waals surface area contributed by atoms with Crippen molar-refractivity contribution >= 4 is 62.2 Å². The highest BCUT2D eigenvalue weighted by molar-refractivity contribution is 9.10. The van der Waals surface area contributed by atoms with Crippen LogP contribution < -0.4 is 5.32 Å². The summed E-state index contributed by atoms with van der Waals surface area (Å²) in [5.41, 5.74) is 0.590. The third-order valence-electron chi connectivity index (χ3n) is 3.38. The highest BCUT2D eigenvalue weighted by Crippen LogP contribution is 2.26. The lowest BCUT2D eigenvalue weighted by Crippen LogP contribution is -2.14. The number of benzene rings is 1. The van der Waals surface area contributed by atoms with Gasteiger partial charge < -0.3 is 9.88 Å². The van der Waals surface area contributed by atoms with Crippen molar-refractivity contribution in [3.8, 4) is 0 Å². The van der Waals surface area contributed by atoms with Crippen molar-refractivity contribution in [2.45, 2.75) is 11.6 Å². The molecule has 2 aromatic heterocycles. The average molecular weight is 458 g/mol. The molecular formula is C16H14BrClN4OS2. The molecule has 0 bridgehead atoms. The predicted octanol–water partition coefficient (Wildman–Crippen LogP) is 4.61. The number of nitrogens with one attached hydrogen (secondary N) is 1. The van der Waals surface area contributed by atoms with Gasteiger partial charge in [-0.3, -0.25) is 4.79 Å². The van der Waals surface area contributed by atoms with Crippen molar-refractivity contribution in [2.24, 2.45) is 7.05 Å². The summed E-state index contributed by atoms with van der Waals surface area (Å²) < 4.78 is 2.78. The van der Waals surface area contributed by atoms with Crippen molar-refractivity contribution in [3.05, 3.63) is 55.9 Å². The van der Waals surface area contributed by atoms with Crippen LogP contribution in [-0.4, -0.2) is 26.4 Å². The van der Waals surface area contributed by atoms with E-state index >= 15 is 0 Å². The normalized spacial score (nSPS) is 10.8. The summed E-state index contributed by atoms with van der Waals surface area (Å²) in [6, 6.07) is 9.42. The number of carbonyl (C=O) groups is 1. The fourth-order valence-electron chi connectivity index (χ4n) is 2.10. The molecule has 0 atom stereocenters. The molecule has 1 amide bonds. The highest BCUT2D eigenvalue weighted by atomic mass is 79.9. The average Bonchev–Trinajstić information content (AvgIpc) is 3.20. The Labute approximate surface area is 166 Å². The van der Waals surface area contributed by atoms with E-state index in [1.807, 2.05) is 29.1 Å². The molecule has 5 nitrogen and oxygen atoms in total. The quantitative estimate of drug-likeness (QED) is 0.549. The minimum absolute atomic E-state index is 0.142. The van der Waals surface area contributed by atoms with Gasteiger partial charge in [0.15, 0.2) is 5.16 Å². The standard InChI is InChI=1S/C16H14BrClN4OS2/c1-22-14(8-11-3-2-6-24-11)20-21-16(22)25-9-15(23)19-13-5-4-10(17)7-12(13)18/h2-7H,8-9H2,1H3,(H,19,23). The second-order valence-corrected chi connectivity index (χ2v) is 8.47. The van der Waals surface area contributed by atoms with E-state index in [0.29, 0.717) is 15.9 Å². The smallest absolute Gasteiger partial charge is 0.234 e. The van der Waals surface area contributed by atoms with Gasteiger partial charge in [-0.15, -0.1) is 21.5 Å². The van der Waals surface area contributed by atoms with Gasteiger partial charge in [0.05, 0.1) is 16.5 Å². The summed E-state index contributed by atoms with van der Waals surface area (Å²) in [5.74, 6) is 0.968. The molecule has 3 rings (SSSR count). The molecule has 1 aromatic carbocycles. The second-order valence-electron chi connectivity index (χ2n) is 5.17. The fraction of sp³-hybridized carbons (Fsp3) is 0.188. The zero-order chi connectivity index (χ0) is 17.8. The van der Waals surface area contributed by atoms with E-state index in [9.17, 15) is 4.79 Å². The lowest BCUT2D eigenvalue weighted by Gasteiger charge is -2.07. The van der Waals surface area contributed by atoms with Crippen LogP contribution in [0.3, 0.4) is 0 Å². The first-order valence-corrected chi connectivity index (χ1v) is 10.3. The van der Waals surface area contributed by atoms with E-state index in [4.69, 9.17) is 11.6 Å². The second kappa shape index (κ2) is 8.35. The Bertz CT molecular complexity index is 882. The first kappa shape index (κ1) is 18.4. The summed E-state index contributed by atoms with van der Waals surface area (Å²) >= 11 is 12.5. The van der Waals surface area contributed by atoms with Gasteiger partial charge in [-0.05, 0) is 29.6 Å². The predicted molar refractivity (Wildman–Crippen MR) is 107 cm³/mol. The number of anilines is 1. The van der Waals surface area contributed by atoms with Crippen molar-refractivity contribution < 1.29 is 4.79 Å². The lowest BCUT2D eigenvalue weighted by molar-refractivity contribution is -0.113. The number of thiophene rings is 1. The number of amides is 1. The van der Waals surface area contributed by atoms with E-state index in [-0.39, 0.29) is 11.7 Å². The van der Waals surface area contributed by atoms with Crippen LogP contribution in [0.1, 0.15) is 10.7 Å². The Morgan fingerprint density at radius 2 is 2.24 bits per heavy atom. The summed E-state index contributed by atoms with van der Waals surface area (Å²) in [7, 11) is 1.91. The molecule has 0 saturated carbocycles. The Morgan fingerprint density at radius 1 is 1.40 bits per heavy atom. The van der Waals surface area contributed by atoms with E-state index in [1.165, 1.54) is 16.6 Å². The van der Waals surface area contributed by atoms with Gasteiger partial charge in [0.25, 0.3) is 0 Å². The Morgan fingerprint density at radius 3 is 2.96 bits per heavy atom. The molecular weight excluding hydrogens is 444 g/mol. The molecule has 2 heterocycles. The minimum Gasteiger partial charge on any atom is -0.324 e. The van der Waals surface area contributed by atoms with Gasteiger partial charge in [-0.2, -0.15) is 0 Å². The Balaban J connectivity index is 1.58. The summed E-state index contributed by atoms with van der Waals surface area (Å²) in [6.07, 6.45) is 0.739. The molecule has 3 aromatic rings. The van der Waals surface area contributed by atoms with Crippen LogP contribution in [0.25, 0.3) is 0 Å². The van der Waals surface area contributed by atoms with Gasteiger partial charge in [0.2, 0.25) is 5.91 Å². The number of rotatable bonds is 6. The maximum Gasteiger partial charge on any atom is 0.234 e. The van der Waals surface area contributed by atoms with Crippen LogP contribution in [0, 0.1) is 0 Å². The van der Waals surface area contributed by atoms with E-state index in [2.05, 4.69) is 37.5 Å². The highest BCUT2D eigenvalue weighted by Gasteiger charge is 2.13. The summed E-state index contributed by atoms with van der Waals surface area (Å²) in [4.78, 5) is 13.4. The maximum absolute atomic E-state index is 12.1. The largest absolute Gasteiger partial charge is 0.324 e. The van der Waals surface area contributed by atoms with Gasteiger partial charge in [-0.1, -0.05) is 45.4 Å². The monoisotopic (exact) mass is 456 g/mol. The molecule has 1 N–H and O–H groups in total. The number of hydrogen-bond donors (Lipinski definition) is 1.